The molecule has 5 rings (SSSR count). The van der Waals surface area contributed by atoms with Gasteiger partial charge in [-0.05, 0) is 67.6 Å². The van der Waals surface area contributed by atoms with Gasteiger partial charge in [0.1, 0.15) is 22.6 Å². The number of amides is 1. The summed E-state index contributed by atoms with van der Waals surface area (Å²) in [6.07, 6.45) is 2.09. The largest absolute Gasteiger partial charge is 0.496 e. The third-order valence-electron chi connectivity index (χ3n) is 7.68. The monoisotopic (exact) mass is 562 g/mol. The Morgan fingerprint density at radius 2 is 1.73 bits per heavy atom. The quantitative estimate of drug-likeness (QED) is 0.423. The van der Waals surface area contributed by atoms with Crippen LogP contribution in [-0.4, -0.2) is 54.2 Å². The van der Waals surface area contributed by atoms with Crippen molar-refractivity contribution >= 4 is 33.3 Å². The Kier molecular flexibility index (Phi) is 7.71. The van der Waals surface area contributed by atoms with E-state index >= 15 is 0 Å². The van der Waals surface area contributed by atoms with E-state index in [9.17, 15) is 13.2 Å². The second-order valence-corrected chi connectivity index (χ2v) is 12.1. The molecular weight excluding hydrogens is 528 g/mol. The fourth-order valence-corrected chi connectivity index (χ4v) is 6.70. The maximum absolute atomic E-state index is 12.8. The molecule has 10 heteroatoms. The number of hydrogen-bond acceptors (Lipinski definition) is 7. The van der Waals surface area contributed by atoms with E-state index in [1.807, 2.05) is 61.5 Å². The molecule has 0 radical (unpaired) electrons. The van der Waals surface area contributed by atoms with Crippen LogP contribution in [0.4, 0.5) is 16.2 Å². The lowest BCUT2D eigenvalue weighted by molar-refractivity contribution is 0.0678. The SMILES string of the molecule is COc1cccc2c1C(=NCC1(c3ccccc3)CCC(OC(=O)Nc3ccc(N(C)C)cc3)CC1)NS2(=O)=O. The first-order valence-corrected chi connectivity index (χ1v) is 14.7. The number of fused-ring (bicyclic) bond motifs is 1. The summed E-state index contributed by atoms with van der Waals surface area (Å²) in [5.74, 6) is 0.749. The number of aliphatic imine (C=N–C) groups is 1. The van der Waals surface area contributed by atoms with E-state index in [0.717, 1.165) is 24.1 Å². The van der Waals surface area contributed by atoms with Crippen LogP contribution in [0.15, 0.2) is 82.7 Å². The Bertz CT molecular complexity index is 1500. The highest BCUT2D eigenvalue weighted by Crippen LogP contribution is 2.41. The molecule has 0 aromatic heterocycles. The predicted octanol–water partition coefficient (Wildman–Crippen LogP) is 4.93. The number of carbonyl (C=O) groups excluding carboxylic acids is 1. The van der Waals surface area contributed by atoms with E-state index in [4.69, 9.17) is 14.5 Å². The minimum absolute atomic E-state index is 0.166. The molecule has 0 atom stereocenters. The molecule has 0 saturated heterocycles. The van der Waals surface area contributed by atoms with Gasteiger partial charge in [-0.2, -0.15) is 0 Å². The number of rotatable bonds is 7. The molecule has 3 aromatic carbocycles. The van der Waals surface area contributed by atoms with Gasteiger partial charge < -0.3 is 14.4 Å². The molecule has 1 fully saturated rings. The normalized spacial score (nSPS) is 22.2. The fourth-order valence-electron chi connectivity index (χ4n) is 5.45. The number of nitrogens with one attached hydrogen (secondary N) is 2. The van der Waals surface area contributed by atoms with Crippen molar-refractivity contribution in [2.75, 3.05) is 38.0 Å². The van der Waals surface area contributed by atoms with Crippen molar-refractivity contribution < 1.29 is 22.7 Å². The van der Waals surface area contributed by atoms with Crippen molar-refractivity contribution in [3.63, 3.8) is 0 Å². The fraction of sp³-hybridized carbons (Fsp3) is 0.333. The highest BCUT2D eigenvalue weighted by molar-refractivity contribution is 7.90. The van der Waals surface area contributed by atoms with Crippen molar-refractivity contribution in [3.8, 4) is 5.75 Å². The van der Waals surface area contributed by atoms with Gasteiger partial charge in [-0.1, -0.05) is 36.4 Å². The standard InChI is InChI=1S/C30H34N4O5S/c1-34(2)23-14-12-22(13-15-23)32-29(35)39-24-16-18-30(19-17-24,21-8-5-4-6-9-21)20-31-28-27-25(38-3)10-7-11-26(27)40(36,37)33-28/h4-15,24H,16-20H2,1-3H3,(H,31,33)(H,32,35). The Balaban J connectivity index is 1.31. The average molecular weight is 563 g/mol. The van der Waals surface area contributed by atoms with Gasteiger partial charge in [-0.15, -0.1) is 0 Å². The maximum atomic E-state index is 12.8. The molecule has 0 unspecified atom stereocenters. The molecule has 9 nitrogen and oxygen atoms in total. The Morgan fingerprint density at radius 3 is 2.38 bits per heavy atom. The van der Waals surface area contributed by atoms with E-state index in [-0.39, 0.29) is 16.4 Å². The lowest BCUT2D eigenvalue weighted by atomic mass is 9.68. The number of carbonyl (C=O) groups is 1. The summed E-state index contributed by atoms with van der Waals surface area (Å²) in [5.41, 5.74) is 2.97. The van der Waals surface area contributed by atoms with Gasteiger partial charge in [0.15, 0.2) is 0 Å². The molecule has 2 aliphatic rings. The first-order chi connectivity index (χ1) is 19.2. The lowest BCUT2D eigenvalue weighted by Gasteiger charge is -2.39. The van der Waals surface area contributed by atoms with Crippen LogP contribution in [0.3, 0.4) is 0 Å². The zero-order chi connectivity index (χ0) is 28.3. The number of benzene rings is 3. The van der Waals surface area contributed by atoms with Crippen LogP contribution in [0.1, 0.15) is 36.8 Å². The molecule has 0 spiro atoms. The number of hydrogen-bond donors (Lipinski definition) is 2. The van der Waals surface area contributed by atoms with Gasteiger partial charge >= 0.3 is 6.09 Å². The van der Waals surface area contributed by atoms with Crippen LogP contribution in [0.25, 0.3) is 0 Å². The zero-order valence-electron chi connectivity index (χ0n) is 22.9. The van der Waals surface area contributed by atoms with Crippen molar-refractivity contribution in [1.82, 2.24) is 4.72 Å². The van der Waals surface area contributed by atoms with Crippen LogP contribution >= 0.6 is 0 Å². The van der Waals surface area contributed by atoms with Crippen molar-refractivity contribution in [1.29, 1.82) is 0 Å². The second-order valence-electron chi connectivity index (χ2n) is 10.4. The molecule has 1 saturated carbocycles. The number of methoxy groups -OCH3 is 1. The molecule has 1 amide bonds. The average Bonchev–Trinajstić information content (AvgIpc) is 3.23. The Hall–Kier alpha value is -4.05. The summed E-state index contributed by atoms with van der Waals surface area (Å²) < 4.78 is 39.3. The van der Waals surface area contributed by atoms with E-state index in [0.29, 0.717) is 42.2 Å². The Morgan fingerprint density at radius 1 is 1.02 bits per heavy atom. The molecule has 210 valence electrons. The van der Waals surface area contributed by atoms with Crippen molar-refractivity contribution in [2.45, 2.75) is 42.1 Å². The smallest absolute Gasteiger partial charge is 0.411 e. The Labute approximate surface area is 235 Å². The number of ether oxygens (including phenoxy) is 2. The summed E-state index contributed by atoms with van der Waals surface area (Å²) >= 11 is 0. The van der Waals surface area contributed by atoms with E-state index in [1.165, 1.54) is 7.11 Å². The molecular formula is C30H34N4O5S. The van der Waals surface area contributed by atoms with Crippen molar-refractivity contribution in [2.24, 2.45) is 4.99 Å². The van der Waals surface area contributed by atoms with Gasteiger partial charge in [0.05, 0.1) is 19.2 Å². The first-order valence-electron chi connectivity index (χ1n) is 13.3. The summed E-state index contributed by atoms with van der Waals surface area (Å²) in [5, 5.41) is 2.82. The van der Waals surface area contributed by atoms with Crippen LogP contribution in [0, 0.1) is 0 Å². The number of anilines is 2. The van der Waals surface area contributed by atoms with Crippen LogP contribution in [0.5, 0.6) is 5.75 Å². The third kappa shape index (κ3) is 5.62. The minimum atomic E-state index is -3.71. The van der Waals surface area contributed by atoms with Gasteiger partial charge in [-0.25, -0.2) is 13.2 Å². The topological polar surface area (TPSA) is 109 Å². The van der Waals surface area contributed by atoms with Crippen LogP contribution in [0.2, 0.25) is 0 Å². The number of nitrogens with zero attached hydrogens (tertiary/aromatic N) is 2. The molecule has 0 bridgehead atoms. The molecule has 3 aromatic rings. The van der Waals surface area contributed by atoms with Gasteiger partial charge in [0, 0.05) is 30.9 Å². The first kappa shape index (κ1) is 27.5. The van der Waals surface area contributed by atoms with Crippen LogP contribution in [-0.2, 0) is 20.2 Å². The van der Waals surface area contributed by atoms with Crippen LogP contribution < -0.4 is 19.7 Å². The van der Waals surface area contributed by atoms with Gasteiger partial charge in [0.25, 0.3) is 10.0 Å². The lowest BCUT2D eigenvalue weighted by Crippen LogP contribution is -2.39. The minimum Gasteiger partial charge on any atom is -0.496 e. The van der Waals surface area contributed by atoms with E-state index < -0.39 is 16.1 Å². The van der Waals surface area contributed by atoms with Gasteiger partial charge in [-0.3, -0.25) is 15.0 Å². The zero-order valence-corrected chi connectivity index (χ0v) is 23.7. The summed E-state index contributed by atoms with van der Waals surface area (Å²) in [7, 11) is 1.73. The highest BCUT2D eigenvalue weighted by atomic mass is 32.2. The summed E-state index contributed by atoms with van der Waals surface area (Å²) in [6.45, 7) is 0.378. The number of amidine groups is 1. The maximum Gasteiger partial charge on any atom is 0.411 e. The summed E-state index contributed by atoms with van der Waals surface area (Å²) in [6, 6.07) is 22.6. The van der Waals surface area contributed by atoms with E-state index in [1.54, 1.807) is 18.2 Å². The molecule has 40 heavy (non-hydrogen) atoms. The predicted molar refractivity (Wildman–Crippen MR) is 156 cm³/mol. The third-order valence-corrected chi connectivity index (χ3v) is 9.07. The second kappa shape index (κ2) is 11.2. The molecule has 1 aliphatic heterocycles. The van der Waals surface area contributed by atoms with Crippen molar-refractivity contribution in [3.05, 3.63) is 83.9 Å². The summed E-state index contributed by atoms with van der Waals surface area (Å²) in [4.78, 5) is 19.6. The molecule has 1 aliphatic carbocycles. The highest BCUT2D eigenvalue weighted by Gasteiger charge is 2.39. The molecule has 2 N–H and O–H groups in total. The molecule has 1 heterocycles. The van der Waals surface area contributed by atoms with Gasteiger partial charge in [0.2, 0.25) is 0 Å². The van der Waals surface area contributed by atoms with E-state index in [2.05, 4.69) is 22.2 Å². The number of sulfonamides is 1.